The molecule has 3 rings (SSSR count). The first-order valence-electron chi connectivity index (χ1n) is 8.34. The predicted octanol–water partition coefficient (Wildman–Crippen LogP) is 3.11. The Balaban J connectivity index is 1.43. The summed E-state index contributed by atoms with van der Waals surface area (Å²) < 4.78 is 7.30. The Morgan fingerprint density at radius 3 is 2.75 bits per heavy atom. The molecule has 0 aliphatic carbocycles. The quantitative estimate of drug-likeness (QED) is 0.645. The fourth-order valence-corrected chi connectivity index (χ4v) is 2.55. The normalized spacial score (nSPS) is 13.8. The fourth-order valence-electron chi connectivity index (χ4n) is 2.55. The van der Waals surface area contributed by atoms with Crippen molar-refractivity contribution in [3.05, 3.63) is 54.7 Å². The molecule has 6 heteroatoms. The monoisotopic (exact) mass is 325 g/mol. The zero-order chi connectivity index (χ0) is 16.8. The number of benzene rings is 1. The van der Waals surface area contributed by atoms with Crippen molar-refractivity contribution in [3.8, 4) is 11.4 Å². The molecule has 2 atom stereocenters. The lowest BCUT2D eigenvalue weighted by Crippen LogP contribution is -2.34. The van der Waals surface area contributed by atoms with Gasteiger partial charge in [0.05, 0.1) is 6.04 Å². The van der Waals surface area contributed by atoms with E-state index in [1.54, 1.807) is 0 Å². The van der Waals surface area contributed by atoms with Gasteiger partial charge >= 0.3 is 0 Å². The van der Waals surface area contributed by atoms with Crippen LogP contribution >= 0.6 is 0 Å². The number of hydrogen-bond acceptors (Lipinski definition) is 5. The number of nitrogens with one attached hydrogen (secondary N) is 1. The molecule has 2 aromatic heterocycles. The second kappa shape index (κ2) is 7.88. The van der Waals surface area contributed by atoms with Gasteiger partial charge in [-0.3, -0.25) is 4.68 Å². The highest BCUT2D eigenvalue weighted by atomic mass is 16.5. The van der Waals surface area contributed by atoms with Gasteiger partial charge in [0.25, 0.3) is 0 Å². The SMILES string of the molecule is C[C@H](NCCCc1nc(-c2ccccc2)no1)[C@@H](C)n1cccn1. The molecule has 0 unspecified atom stereocenters. The minimum atomic E-state index is 0.313. The molecule has 126 valence electrons. The van der Waals surface area contributed by atoms with E-state index in [0.29, 0.717) is 23.8 Å². The summed E-state index contributed by atoms with van der Waals surface area (Å²) in [6.07, 6.45) is 5.53. The van der Waals surface area contributed by atoms with Crippen LogP contribution in [0.3, 0.4) is 0 Å². The maximum atomic E-state index is 5.33. The van der Waals surface area contributed by atoms with Gasteiger partial charge in [-0.15, -0.1) is 0 Å². The number of hydrogen-bond donors (Lipinski definition) is 1. The first-order valence-corrected chi connectivity index (χ1v) is 8.34. The van der Waals surface area contributed by atoms with E-state index in [-0.39, 0.29) is 0 Å². The molecule has 0 saturated heterocycles. The first kappa shape index (κ1) is 16.4. The third-order valence-electron chi connectivity index (χ3n) is 4.20. The van der Waals surface area contributed by atoms with Gasteiger partial charge in [-0.2, -0.15) is 10.1 Å². The van der Waals surface area contributed by atoms with Crippen LogP contribution in [0.15, 0.2) is 53.3 Å². The highest BCUT2D eigenvalue weighted by Crippen LogP contribution is 2.15. The number of rotatable bonds is 8. The van der Waals surface area contributed by atoms with E-state index in [1.165, 1.54) is 0 Å². The summed E-state index contributed by atoms with van der Waals surface area (Å²) in [5.41, 5.74) is 0.979. The number of aryl methyl sites for hydroxylation is 1. The molecular formula is C18H23N5O. The lowest BCUT2D eigenvalue weighted by atomic mass is 10.1. The van der Waals surface area contributed by atoms with E-state index in [4.69, 9.17) is 4.52 Å². The van der Waals surface area contributed by atoms with Crippen LogP contribution in [0, 0.1) is 0 Å². The summed E-state index contributed by atoms with van der Waals surface area (Å²) in [6.45, 7) is 5.23. The molecular weight excluding hydrogens is 302 g/mol. The third-order valence-corrected chi connectivity index (χ3v) is 4.20. The molecule has 0 radical (unpaired) electrons. The molecule has 3 aromatic rings. The highest BCUT2D eigenvalue weighted by molar-refractivity contribution is 5.53. The van der Waals surface area contributed by atoms with Crippen LogP contribution in [-0.2, 0) is 6.42 Å². The van der Waals surface area contributed by atoms with Crippen LogP contribution in [0.25, 0.3) is 11.4 Å². The number of nitrogens with zero attached hydrogens (tertiary/aromatic N) is 4. The van der Waals surface area contributed by atoms with E-state index in [2.05, 4.69) is 34.4 Å². The minimum absolute atomic E-state index is 0.313. The van der Waals surface area contributed by atoms with Gasteiger partial charge in [-0.05, 0) is 32.9 Å². The lowest BCUT2D eigenvalue weighted by Gasteiger charge is -2.21. The average Bonchev–Trinajstić information content (AvgIpc) is 3.30. The van der Waals surface area contributed by atoms with Gasteiger partial charge < -0.3 is 9.84 Å². The standard InChI is InChI=1S/C18H23N5O/c1-14(15(2)23-13-7-12-20-23)19-11-6-10-17-21-18(22-24-17)16-8-4-3-5-9-16/h3-5,7-9,12-15,19H,6,10-11H2,1-2H3/t14-,15+/m0/s1. The van der Waals surface area contributed by atoms with Crippen molar-refractivity contribution in [2.24, 2.45) is 0 Å². The molecule has 0 fully saturated rings. The second-order valence-corrected chi connectivity index (χ2v) is 5.95. The summed E-state index contributed by atoms with van der Waals surface area (Å²) in [6, 6.07) is 12.5. The molecule has 0 aliphatic heterocycles. The zero-order valence-electron chi connectivity index (χ0n) is 14.1. The Hall–Kier alpha value is -2.47. The molecule has 1 aromatic carbocycles. The van der Waals surface area contributed by atoms with E-state index >= 15 is 0 Å². The highest BCUT2D eigenvalue weighted by Gasteiger charge is 2.13. The molecule has 0 bridgehead atoms. The van der Waals surface area contributed by atoms with Gasteiger partial charge in [0.1, 0.15) is 0 Å². The van der Waals surface area contributed by atoms with Crippen LogP contribution in [0.1, 0.15) is 32.2 Å². The van der Waals surface area contributed by atoms with Crippen molar-refractivity contribution in [3.63, 3.8) is 0 Å². The van der Waals surface area contributed by atoms with Gasteiger partial charge in [-0.1, -0.05) is 35.5 Å². The van der Waals surface area contributed by atoms with Gasteiger partial charge in [0.2, 0.25) is 11.7 Å². The van der Waals surface area contributed by atoms with Crippen LogP contribution in [0.5, 0.6) is 0 Å². The maximum Gasteiger partial charge on any atom is 0.227 e. The van der Waals surface area contributed by atoms with Gasteiger partial charge in [0.15, 0.2) is 0 Å². The van der Waals surface area contributed by atoms with Crippen molar-refractivity contribution in [1.82, 2.24) is 25.2 Å². The average molecular weight is 325 g/mol. The Morgan fingerprint density at radius 2 is 2.00 bits per heavy atom. The van der Waals surface area contributed by atoms with Crippen LogP contribution < -0.4 is 5.32 Å². The van der Waals surface area contributed by atoms with Crippen LogP contribution in [0.2, 0.25) is 0 Å². The molecule has 0 spiro atoms. The third kappa shape index (κ3) is 4.08. The zero-order valence-corrected chi connectivity index (χ0v) is 14.1. The molecule has 24 heavy (non-hydrogen) atoms. The maximum absolute atomic E-state index is 5.33. The smallest absolute Gasteiger partial charge is 0.227 e. The topological polar surface area (TPSA) is 68.8 Å². The minimum Gasteiger partial charge on any atom is -0.339 e. The van der Waals surface area contributed by atoms with Crippen molar-refractivity contribution in [1.29, 1.82) is 0 Å². The lowest BCUT2D eigenvalue weighted by molar-refractivity contribution is 0.353. The summed E-state index contributed by atoms with van der Waals surface area (Å²) in [5.74, 6) is 1.34. The summed E-state index contributed by atoms with van der Waals surface area (Å²) in [5, 5.41) is 11.9. The molecule has 6 nitrogen and oxygen atoms in total. The Labute approximate surface area is 141 Å². The Kier molecular flexibility index (Phi) is 5.38. The molecule has 2 heterocycles. The van der Waals surface area contributed by atoms with Crippen LogP contribution in [0.4, 0.5) is 0 Å². The fraction of sp³-hybridized carbons (Fsp3) is 0.389. The Bertz CT molecular complexity index is 723. The summed E-state index contributed by atoms with van der Waals surface area (Å²) in [7, 11) is 0. The largest absolute Gasteiger partial charge is 0.339 e. The predicted molar refractivity (Wildman–Crippen MR) is 92.5 cm³/mol. The molecule has 0 saturated carbocycles. The van der Waals surface area contributed by atoms with Crippen molar-refractivity contribution in [2.75, 3.05) is 6.54 Å². The van der Waals surface area contributed by atoms with Crippen LogP contribution in [-0.4, -0.2) is 32.5 Å². The van der Waals surface area contributed by atoms with Gasteiger partial charge in [0, 0.05) is 30.4 Å². The molecule has 0 aliphatic rings. The van der Waals surface area contributed by atoms with Crippen molar-refractivity contribution in [2.45, 2.75) is 38.8 Å². The van der Waals surface area contributed by atoms with E-state index < -0.39 is 0 Å². The van der Waals surface area contributed by atoms with Crippen molar-refractivity contribution >= 4 is 0 Å². The number of aromatic nitrogens is 4. The summed E-state index contributed by atoms with van der Waals surface area (Å²) >= 11 is 0. The summed E-state index contributed by atoms with van der Waals surface area (Å²) in [4.78, 5) is 4.45. The first-order chi connectivity index (χ1) is 11.7. The van der Waals surface area contributed by atoms with E-state index in [1.807, 2.05) is 53.5 Å². The van der Waals surface area contributed by atoms with E-state index in [0.717, 1.165) is 24.9 Å². The second-order valence-electron chi connectivity index (χ2n) is 5.95. The van der Waals surface area contributed by atoms with E-state index in [9.17, 15) is 0 Å². The molecule has 0 amide bonds. The Morgan fingerprint density at radius 1 is 1.17 bits per heavy atom. The molecule has 1 N–H and O–H groups in total. The van der Waals surface area contributed by atoms with Crippen molar-refractivity contribution < 1.29 is 4.52 Å². The van der Waals surface area contributed by atoms with Gasteiger partial charge in [-0.25, -0.2) is 0 Å².